The largest absolute Gasteiger partial charge is 0.364 e. The van der Waals surface area contributed by atoms with E-state index < -0.39 is 0 Å². The molecular weight excluding hydrogens is 360 g/mol. The zero-order chi connectivity index (χ0) is 18.5. The summed E-state index contributed by atoms with van der Waals surface area (Å²) in [7, 11) is 0. The summed E-state index contributed by atoms with van der Waals surface area (Å²) >= 11 is 1.61. The van der Waals surface area contributed by atoms with Gasteiger partial charge in [-0.2, -0.15) is 0 Å². The van der Waals surface area contributed by atoms with E-state index in [4.69, 9.17) is 4.74 Å². The number of hydrogen-bond donors (Lipinski definition) is 0. The minimum Gasteiger partial charge on any atom is -0.364 e. The van der Waals surface area contributed by atoms with Gasteiger partial charge in [-0.3, -0.25) is 14.7 Å². The van der Waals surface area contributed by atoms with Crippen molar-refractivity contribution in [2.24, 2.45) is 0 Å². The van der Waals surface area contributed by atoms with Crippen LogP contribution in [0.2, 0.25) is 0 Å². The van der Waals surface area contributed by atoms with Crippen molar-refractivity contribution in [3.05, 3.63) is 59.4 Å². The Balaban J connectivity index is 1.20. The number of aromatic nitrogens is 2. The quantitative estimate of drug-likeness (QED) is 0.656. The lowest BCUT2D eigenvalue weighted by Gasteiger charge is -2.34. The lowest BCUT2D eigenvalue weighted by Crippen LogP contribution is -2.49. The van der Waals surface area contributed by atoms with Crippen molar-refractivity contribution < 1.29 is 9.53 Å². The number of rotatable bonds is 6. The number of amides is 1. The van der Waals surface area contributed by atoms with Crippen LogP contribution >= 0.6 is 11.3 Å². The van der Waals surface area contributed by atoms with E-state index in [0.717, 1.165) is 47.9 Å². The molecule has 0 saturated carbocycles. The van der Waals surface area contributed by atoms with E-state index in [1.165, 1.54) is 5.56 Å². The minimum atomic E-state index is 0.0553. The zero-order valence-corrected chi connectivity index (χ0v) is 15.9. The molecule has 1 aromatic carbocycles. The number of ether oxygens (including phenoxy) is 1. The number of carbonyl (C=O) groups excluding carboxylic acids is 1. The second-order valence-corrected chi connectivity index (χ2v) is 7.70. The average molecular weight is 382 g/mol. The number of thiazole rings is 1. The third-order valence-corrected chi connectivity index (χ3v) is 5.68. The number of fused-ring (bicyclic) bond motifs is 1. The Morgan fingerprint density at radius 2 is 1.85 bits per heavy atom. The molecule has 3 heterocycles. The molecule has 1 aliphatic rings. The van der Waals surface area contributed by atoms with Gasteiger partial charge in [-0.15, -0.1) is 11.3 Å². The van der Waals surface area contributed by atoms with Gasteiger partial charge in [0, 0.05) is 45.1 Å². The fourth-order valence-electron chi connectivity index (χ4n) is 3.20. The summed E-state index contributed by atoms with van der Waals surface area (Å²) in [5.74, 6) is 0.0553. The number of para-hydroxylation sites is 1. The van der Waals surface area contributed by atoms with Gasteiger partial charge >= 0.3 is 0 Å². The van der Waals surface area contributed by atoms with Crippen LogP contribution in [-0.4, -0.2) is 58.5 Å². The molecule has 6 nitrogen and oxygen atoms in total. The van der Waals surface area contributed by atoms with E-state index in [9.17, 15) is 4.79 Å². The predicted molar refractivity (Wildman–Crippen MR) is 105 cm³/mol. The van der Waals surface area contributed by atoms with Gasteiger partial charge in [0.1, 0.15) is 11.6 Å². The lowest BCUT2D eigenvalue weighted by atomic mass is 10.2. The maximum absolute atomic E-state index is 12.4. The van der Waals surface area contributed by atoms with E-state index >= 15 is 0 Å². The van der Waals surface area contributed by atoms with Gasteiger partial charge in [0.25, 0.3) is 0 Å². The van der Waals surface area contributed by atoms with Gasteiger partial charge < -0.3 is 9.64 Å². The molecular formula is C20H22N4O2S. The van der Waals surface area contributed by atoms with E-state index in [2.05, 4.69) is 14.9 Å². The predicted octanol–water partition coefficient (Wildman–Crippen LogP) is 2.55. The van der Waals surface area contributed by atoms with Crippen LogP contribution in [0.5, 0.6) is 0 Å². The monoisotopic (exact) mass is 382 g/mol. The first kappa shape index (κ1) is 18.0. The molecule has 27 heavy (non-hydrogen) atoms. The van der Waals surface area contributed by atoms with Crippen LogP contribution in [0.1, 0.15) is 10.6 Å². The molecule has 0 atom stereocenters. The Morgan fingerprint density at radius 1 is 1.07 bits per heavy atom. The van der Waals surface area contributed by atoms with Crippen LogP contribution < -0.4 is 0 Å². The van der Waals surface area contributed by atoms with Crippen molar-refractivity contribution in [3.63, 3.8) is 0 Å². The van der Waals surface area contributed by atoms with Crippen LogP contribution in [0, 0.1) is 0 Å². The highest BCUT2D eigenvalue weighted by molar-refractivity contribution is 7.18. The highest BCUT2D eigenvalue weighted by Gasteiger charge is 2.21. The fraction of sp³-hybridized carbons (Fsp3) is 0.350. The van der Waals surface area contributed by atoms with Gasteiger partial charge in [0.2, 0.25) is 5.91 Å². The molecule has 3 aromatic rings. The number of hydrogen-bond acceptors (Lipinski definition) is 6. The molecule has 1 amide bonds. The number of nitrogens with zero attached hydrogens (tertiary/aromatic N) is 4. The number of piperazine rings is 1. The van der Waals surface area contributed by atoms with E-state index in [0.29, 0.717) is 6.61 Å². The second-order valence-electron chi connectivity index (χ2n) is 6.58. The summed E-state index contributed by atoms with van der Waals surface area (Å²) in [4.78, 5) is 25.2. The second kappa shape index (κ2) is 8.56. The summed E-state index contributed by atoms with van der Waals surface area (Å²) in [6.07, 6.45) is 3.63. The van der Waals surface area contributed by atoms with Crippen molar-refractivity contribution in [2.45, 2.75) is 13.2 Å². The summed E-state index contributed by atoms with van der Waals surface area (Å²) < 4.78 is 6.77. The first-order valence-electron chi connectivity index (χ1n) is 9.09. The average Bonchev–Trinajstić information content (AvgIpc) is 3.12. The number of carbonyl (C=O) groups is 1. The standard InChI is InChI=1S/C20H22N4O2S/c25-20(15-26-14-19-22-17-3-1-2-4-18(17)27-19)24-11-9-23(10-12-24)13-16-5-7-21-8-6-16/h1-8H,9-15H2. The molecule has 4 rings (SSSR count). The highest BCUT2D eigenvalue weighted by atomic mass is 32.1. The number of pyridine rings is 1. The Bertz CT molecular complexity index is 858. The van der Waals surface area contributed by atoms with Crippen LogP contribution in [0.15, 0.2) is 48.8 Å². The SMILES string of the molecule is O=C(COCc1nc2ccccc2s1)N1CCN(Cc2ccncc2)CC1. The van der Waals surface area contributed by atoms with E-state index in [1.54, 1.807) is 11.3 Å². The van der Waals surface area contributed by atoms with Gasteiger partial charge in [-0.05, 0) is 29.8 Å². The van der Waals surface area contributed by atoms with E-state index in [-0.39, 0.29) is 12.5 Å². The van der Waals surface area contributed by atoms with Crippen LogP contribution in [0.4, 0.5) is 0 Å². The van der Waals surface area contributed by atoms with Crippen LogP contribution in [0.3, 0.4) is 0 Å². The van der Waals surface area contributed by atoms with Crippen molar-refractivity contribution in [2.75, 3.05) is 32.8 Å². The zero-order valence-electron chi connectivity index (χ0n) is 15.1. The molecule has 140 valence electrons. The van der Waals surface area contributed by atoms with Crippen molar-refractivity contribution in [3.8, 4) is 0 Å². The maximum atomic E-state index is 12.4. The Kier molecular flexibility index (Phi) is 5.72. The molecule has 0 N–H and O–H groups in total. The lowest BCUT2D eigenvalue weighted by molar-refractivity contribution is -0.138. The third-order valence-electron chi connectivity index (χ3n) is 4.67. The molecule has 0 spiro atoms. The van der Waals surface area contributed by atoms with Crippen molar-refractivity contribution in [1.29, 1.82) is 0 Å². The first-order chi connectivity index (χ1) is 13.3. The van der Waals surface area contributed by atoms with Gasteiger partial charge in [0.15, 0.2) is 0 Å². The molecule has 1 aliphatic heterocycles. The smallest absolute Gasteiger partial charge is 0.248 e. The minimum absolute atomic E-state index is 0.0553. The van der Waals surface area contributed by atoms with Crippen molar-refractivity contribution >= 4 is 27.5 Å². The highest BCUT2D eigenvalue weighted by Crippen LogP contribution is 2.22. The third kappa shape index (κ3) is 4.68. The van der Waals surface area contributed by atoms with Crippen molar-refractivity contribution in [1.82, 2.24) is 19.8 Å². The summed E-state index contributed by atoms with van der Waals surface area (Å²) in [5.41, 5.74) is 2.24. The molecule has 7 heteroatoms. The Labute approximate surface area is 162 Å². The van der Waals surface area contributed by atoms with Gasteiger partial charge in [-0.25, -0.2) is 4.98 Å². The molecule has 2 aromatic heterocycles. The molecule has 0 radical (unpaired) electrons. The summed E-state index contributed by atoms with van der Waals surface area (Å²) in [6.45, 7) is 4.65. The molecule has 1 fully saturated rings. The first-order valence-corrected chi connectivity index (χ1v) is 9.91. The van der Waals surface area contributed by atoms with Gasteiger partial charge in [-0.1, -0.05) is 12.1 Å². The van der Waals surface area contributed by atoms with Crippen LogP contribution in [0.25, 0.3) is 10.2 Å². The number of benzene rings is 1. The van der Waals surface area contributed by atoms with E-state index in [1.807, 2.05) is 53.7 Å². The summed E-state index contributed by atoms with van der Waals surface area (Å²) in [5, 5.41) is 0.908. The maximum Gasteiger partial charge on any atom is 0.248 e. The normalized spacial score (nSPS) is 15.3. The summed E-state index contributed by atoms with van der Waals surface area (Å²) in [6, 6.07) is 12.1. The Hall–Kier alpha value is -2.35. The molecule has 0 bridgehead atoms. The van der Waals surface area contributed by atoms with Crippen LogP contribution in [-0.2, 0) is 22.7 Å². The molecule has 0 unspecified atom stereocenters. The molecule has 0 aliphatic carbocycles. The molecule has 1 saturated heterocycles. The Morgan fingerprint density at radius 3 is 2.63 bits per heavy atom. The fourth-order valence-corrected chi connectivity index (χ4v) is 4.11. The van der Waals surface area contributed by atoms with Gasteiger partial charge in [0.05, 0.1) is 16.8 Å². The topological polar surface area (TPSA) is 58.6 Å².